The van der Waals surface area contributed by atoms with Crippen LogP contribution in [0.2, 0.25) is 0 Å². The molecule has 188 valence electrons. The third-order valence-corrected chi connectivity index (χ3v) is 8.37. The molecule has 1 heterocycles. The van der Waals surface area contributed by atoms with Gasteiger partial charge in [0.2, 0.25) is 15.0 Å². The van der Waals surface area contributed by atoms with Crippen molar-refractivity contribution < 1.29 is 22.7 Å². The van der Waals surface area contributed by atoms with Crippen molar-refractivity contribution in [2.75, 3.05) is 24.8 Å². The van der Waals surface area contributed by atoms with Gasteiger partial charge in [0.1, 0.15) is 11.6 Å². The van der Waals surface area contributed by atoms with E-state index in [9.17, 15) is 18.5 Å². The molecule has 1 aromatic heterocycles. The lowest BCUT2D eigenvalue weighted by molar-refractivity contribution is -0.112. The van der Waals surface area contributed by atoms with Gasteiger partial charge in [0.05, 0.1) is 19.0 Å². The minimum absolute atomic E-state index is 0.0184. The van der Waals surface area contributed by atoms with E-state index in [2.05, 4.69) is 14.7 Å². The number of anilines is 1. The van der Waals surface area contributed by atoms with Crippen molar-refractivity contribution in [1.29, 1.82) is 5.26 Å². The van der Waals surface area contributed by atoms with Crippen LogP contribution < -0.4 is 14.8 Å². The molecule has 0 unspecified atom stereocenters. The molecule has 0 aliphatic carbocycles. The van der Waals surface area contributed by atoms with Crippen molar-refractivity contribution in [2.24, 2.45) is 0 Å². The van der Waals surface area contributed by atoms with Gasteiger partial charge in [0.25, 0.3) is 11.1 Å². The molecular weight excluding hydrogens is 520 g/mol. The van der Waals surface area contributed by atoms with Crippen LogP contribution in [-0.4, -0.2) is 48.4 Å². The summed E-state index contributed by atoms with van der Waals surface area (Å²) < 4.78 is 39.4. The number of hydrogen-bond acceptors (Lipinski definition) is 10. The zero-order valence-electron chi connectivity index (χ0n) is 19.8. The Bertz CT molecular complexity index is 1380. The van der Waals surface area contributed by atoms with Crippen LogP contribution in [0.25, 0.3) is 6.08 Å². The van der Waals surface area contributed by atoms with E-state index in [1.807, 2.05) is 36.4 Å². The van der Waals surface area contributed by atoms with Crippen LogP contribution in [-0.2, 0) is 14.6 Å². The number of carbonyl (C=O) groups is 1. The van der Waals surface area contributed by atoms with Gasteiger partial charge in [-0.25, -0.2) is 8.42 Å². The van der Waals surface area contributed by atoms with E-state index in [-0.39, 0.29) is 15.9 Å². The first-order valence-corrected chi connectivity index (χ1v) is 14.0. The molecule has 0 aliphatic heterocycles. The Morgan fingerprint density at radius 1 is 1.22 bits per heavy atom. The SMILES string of the molecule is COc1cc(/C=C(/C#N)C(=O)Nc2nc(S(=O)(=O)C(C)C)ns2)ccc1OCCSc1ccccc1. The second kappa shape index (κ2) is 12.5. The Kier molecular flexibility index (Phi) is 9.46. The number of methoxy groups -OCH3 is 1. The molecule has 0 saturated carbocycles. The number of sulfone groups is 1. The predicted octanol–water partition coefficient (Wildman–Crippen LogP) is 4.45. The van der Waals surface area contributed by atoms with Crippen LogP contribution in [0.5, 0.6) is 11.5 Å². The largest absolute Gasteiger partial charge is 0.493 e. The maximum atomic E-state index is 12.6. The van der Waals surface area contributed by atoms with Gasteiger partial charge in [-0.05, 0) is 49.8 Å². The van der Waals surface area contributed by atoms with E-state index in [1.165, 1.54) is 27.0 Å². The smallest absolute Gasteiger partial charge is 0.268 e. The highest BCUT2D eigenvalue weighted by atomic mass is 32.2. The molecule has 0 aliphatic rings. The monoisotopic (exact) mass is 544 g/mol. The highest BCUT2D eigenvalue weighted by Crippen LogP contribution is 2.29. The topological polar surface area (TPSA) is 131 Å². The second-order valence-electron chi connectivity index (χ2n) is 7.52. The molecule has 1 N–H and O–H groups in total. The number of nitrogens with zero attached hydrogens (tertiary/aromatic N) is 3. The quantitative estimate of drug-likeness (QED) is 0.161. The molecule has 1 amide bonds. The van der Waals surface area contributed by atoms with E-state index in [1.54, 1.807) is 30.0 Å². The number of aromatic nitrogens is 2. The molecular formula is C24H24N4O5S3. The van der Waals surface area contributed by atoms with Gasteiger partial charge in [-0.2, -0.15) is 14.6 Å². The fraction of sp³-hybridized carbons (Fsp3) is 0.250. The molecule has 9 nitrogen and oxygen atoms in total. The average Bonchev–Trinajstić information content (AvgIpc) is 3.35. The standard InChI is InChI=1S/C24H24N4O5S3/c1-16(2)36(30,31)24-27-23(35-28-24)26-22(29)18(15-25)13-17-9-10-20(21(14-17)32-3)33-11-12-34-19-7-5-4-6-8-19/h4-10,13-14,16H,11-12H2,1-3H3,(H,26,27,28,29)/b18-13-. The second-order valence-corrected chi connectivity index (χ2v) is 11.8. The number of benzene rings is 2. The summed E-state index contributed by atoms with van der Waals surface area (Å²) in [5, 5.41) is 10.8. The molecule has 0 radical (unpaired) electrons. The summed E-state index contributed by atoms with van der Waals surface area (Å²) in [4.78, 5) is 17.6. The summed E-state index contributed by atoms with van der Waals surface area (Å²) in [5.74, 6) is 1.01. The minimum atomic E-state index is -3.67. The van der Waals surface area contributed by atoms with Crippen molar-refractivity contribution in [2.45, 2.75) is 29.1 Å². The average molecular weight is 545 g/mol. The van der Waals surface area contributed by atoms with Gasteiger partial charge in [-0.1, -0.05) is 24.3 Å². The number of thioether (sulfide) groups is 1. The summed E-state index contributed by atoms with van der Waals surface area (Å²) in [5.41, 5.74) is 0.346. The van der Waals surface area contributed by atoms with E-state index in [0.717, 1.165) is 22.2 Å². The third-order valence-electron chi connectivity index (χ3n) is 4.72. The van der Waals surface area contributed by atoms with Crippen molar-refractivity contribution >= 4 is 50.2 Å². The molecule has 0 fully saturated rings. The van der Waals surface area contributed by atoms with Crippen LogP contribution >= 0.6 is 23.3 Å². The summed E-state index contributed by atoms with van der Waals surface area (Å²) in [6.07, 6.45) is 1.39. The minimum Gasteiger partial charge on any atom is -0.493 e. The van der Waals surface area contributed by atoms with Gasteiger partial charge in [-0.15, -0.1) is 11.8 Å². The lowest BCUT2D eigenvalue weighted by Gasteiger charge is -2.11. The Labute approximate surface area is 218 Å². The molecule has 0 bridgehead atoms. The number of carbonyl (C=O) groups excluding carboxylic acids is 1. The molecule has 0 atom stereocenters. The van der Waals surface area contributed by atoms with Crippen LogP contribution in [0, 0.1) is 11.3 Å². The first-order valence-electron chi connectivity index (χ1n) is 10.7. The zero-order chi connectivity index (χ0) is 26.1. The van der Waals surface area contributed by atoms with Crippen LogP contribution in [0.4, 0.5) is 5.13 Å². The lowest BCUT2D eigenvalue weighted by atomic mass is 10.1. The third kappa shape index (κ3) is 7.07. The van der Waals surface area contributed by atoms with Gasteiger partial charge >= 0.3 is 0 Å². The van der Waals surface area contributed by atoms with Crippen molar-refractivity contribution in [3.8, 4) is 17.6 Å². The molecule has 3 aromatic rings. The molecule has 3 rings (SSSR count). The number of nitrogens with one attached hydrogen (secondary N) is 1. The summed E-state index contributed by atoms with van der Waals surface area (Å²) in [6, 6.07) is 16.9. The Hall–Kier alpha value is -3.40. The van der Waals surface area contributed by atoms with Crippen LogP contribution in [0.3, 0.4) is 0 Å². The van der Waals surface area contributed by atoms with Crippen molar-refractivity contribution in [3.05, 3.63) is 59.7 Å². The maximum absolute atomic E-state index is 12.6. The molecule has 0 saturated heterocycles. The predicted molar refractivity (Wildman–Crippen MR) is 140 cm³/mol. The molecule has 12 heteroatoms. The fourth-order valence-corrected chi connectivity index (χ4v) is 5.24. The fourth-order valence-electron chi connectivity index (χ4n) is 2.79. The first kappa shape index (κ1) is 27.2. The van der Waals surface area contributed by atoms with E-state index < -0.39 is 21.0 Å². The van der Waals surface area contributed by atoms with Gasteiger partial charge in [-0.3, -0.25) is 10.1 Å². The van der Waals surface area contributed by atoms with E-state index in [0.29, 0.717) is 23.7 Å². The number of amides is 1. The summed E-state index contributed by atoms with van der Waals surface area (Å²) in [7, 11) is -2.17. The van der Waals surface area contributed by atoms with E-state index in [4.69, 9.17) is 9.47 Å². The van der Waals surface area contributed by atoms with Gasteiger partial charge in [0, 0.05) is 22.2 Å². The summed E-state index contributed by atoms with van der Waals surface area (Å²) in [6.45, 7) is 3.49. The van der Waals surface area contributed by atoms with E-state index >= 15 is 0 Å². The van der Waals surface area contributed by atoms with Crippen molar-refractivity contribution in [1.82, 2.24) is 9.36 Å². The lowest BCUT2D eigenvalue weighted by Crippen LogP contribution is -2.16. The Balaban J connectivity index is 1.66. The van der Waals surface area contributed by atoms with Gasteiger partial charge in [0.15, 0.2) is 11.5 Å². The van der Waals surface area contributed by atoms with Crippen molar-refractivity contribution in [3.63, 3.8) is 0 Å². The highest BCUT2D eigenvalue weighted by Gasteiger charge is 2.25. The molecule has 36 heavy (non-hydrogen) atoms. The number of rotatable bonds is 11. The highest BCUT2D eigenvalue weighted by molar-refractivity contribution is 7.99. The molecule has 0 spiro atoms. The first-order chi connectivity index (χ1) is 17.2. The Morgan fingerprint density at radius 3 is 2.64 bits per heavy atom. The normalized spacial score (nSPS) is 11.7. The van der Waals surface area contributed by atoms with Gasteiger partial charge < -0.3 is 9.47 Å². The van der Waals surface area contributed by atoms with Crippen LogP contribution in [0.15, 0.2) is 64.2 Å². The number of nitriles is 1. The molecule has 2 aromatic carbocycles. The zero-order valence-corrected chi connectivity index (χ0v) is 22.2. The number of ether oxygens (including phenoxy) is 2. The Morgan fingerprint density at radius 2 is 1.97 bits per heavy atom. The summed E-state index contributed by atoms with van der Waals surface area (Å²) >= 11 is 2.40. The van der Waals surface area contributed by atoms with Crippen LogP contribution in [0.1, 0.15) is 19.4 Å². The number of hydrogen-bond donors (Lipinski definition) is 1. The maximum Gasteiger partial charge on any atom is 0.268 e.